The highest BCUT2D eigenvalue weighted by Gasteiger charge is 1.99. The summed E-state index contributed by atoms with van der Waals surface area (Å²) >= 11 is 0. The van der Waals surface area contributed by atoms with Gasteiger partial charge in [0.2, 0.25) is 0 Å². The summed E-state index contributed by atoms with van der Waals surface area (Å²) in [6.07, 6.45) is 11.0. The summed E-state index contributed by atoms with van der Waals surface area (Å²) in [6.45, 7) is 0. The van der Waals surface area contributed by atoms with Crippen LogP contribution in [0.5, 0.6) is 0 Å². The fourth-order valence-electron chi connectivity index (χ4n) is 0.823. The zero-order valence-electron chi connectivity index (χ0n) is 5.22. The summed E-state index contributed by atoms with van der Waals surface area (Å²) < 4.78 is 0. The molecule has 0 spiro atoms. The summed E-state index contributed by atoms with van der Waals surface area (Å²) in [5.74, 6) is 2.52. The maximum atomic E-state index is 5.58. The third kappa shape index (κ3) is 1.14. The maximum absolute atomic E-state index is 5.58. The van der Waals surface area contributed by atoms with E-state index >= 15 is 0 Å². The Morgan fingerprint density at radius 3 is 2.89 bits per heavy atom. The lowest BCUT2D eigenvalue weighted by Crippen LogP contribution is -2.02. The molecule has 1 aliphatic rings. The minimum atomic E-state index is 0.847. The van der Waals surface area contributed by atoms with Crippen molar-refractivity contribution in [2.45, 2.75) is 12.8 Å². The number of hydrogen-bond donors (Lipinski definition) is 1. The number of rotatable bonds is 0. The molecule has 0 saturated carbocycles. The summed E-state index contributed by atoms with van der Waals surface area (Å²) in [5.41, 5.74) is 7.27. The molecule has 0 saturated heterocycles. The highest BCUT2D eigenvalue weighted by Crippen LogP contribution is 2.12. The van der Waals surface area contributed by atoms with Gasteiger partial charge in [-0.25, -0.2) is 0 Å². The quantitative estimate of drug-likeness (QED) is 0.476. The van der Waals surface area contributed by atoms with Crippen LogP contribution in [-0.4, -0.2) is 0 Å². The lowest BCUT2D eigenvalue weighted by atomic mass is 10.0. The lowest BCUT2D eigenvalue weighted by Gasteiger charge is -2.05. The molecule has 2 N–H and O–H groups in total. The van der Waals surface area contributed by atoms with Crippen molar-refractivity contribution < 1.29 is 0 Å². The molecule has 1 rings (SSSR count). The molecule has 1 aliphatic carbocycles. The first-order chi connectivity index (χ1) is 4.34. The van der Waals surface area contributed by atoms with Crippen LogP contribution in [0.4, 0.5) is 0 Å². The molecule has 0 aliphatic heterocycles. The van der Waals surface area contributed by atoms with Crippen LogP contribution in [0, 0.1) is 12.3 Å². The molecule has 9 heavy (non-hydrogen) atoms. The summed E-state index contributed by atoms with van der Waals surface area (Å²) in [7, 11) is 0. The van der Waals surface area contributed by atoms with Gasteiger partial charge in [0, 0.05) is 11.3 Å². The zero-order chi connectivity index (χ0) is 6.69. The van der Waals surface area contributed by atoms with Crippen LogP contribution in [0.1, 0.15) is 12.8 Å². The second kappa shape index (κ2) is 2.41. The van der Waals surface area contributed by atoms with Crippen LogP contribution in [0.15, 0.2) is 23.4 Å². The molecular weight excluding hydrogens is 110 g/mol. The molecule has 1 heteroatoms. The first kappa shape index (κ1) is 5.97. The largest absolute Gasteiger partial charge is 0.401 e. The molecule has 0 aromatic carbocycles. The molecule has 0 unspecified atom stereocenters. The minimum absolute atomic E-state index is 0.847. The molecule has 0 fully saturated rings. The van der Waals surface area contributed by atoms with E-state index in [0.717, 1.165) is 24.1 Å². The smallest absolute Gasteiger partial charge is 0.0426 e. The topological polar surface area (TPSA) is 26.0 Å². The van der Waals surface area contributed by atoms with Gasteiger partial charge >= 0.3 is 0 Å². The molecule has 0 amide bonds. The van der Waals surface area contributed by atoms with Gasteiger partial charge in [0.1, 0.15) is 0 Å². The van der Waals surface area contributed by atoms with Crippen LogP contribution in [0.25, 0.3) is 0 Å². The number of allylic oxidation sites excluding steroid dienone is 4. The van der Waals surface area contributed by atoms with E-state index in [1.54, 1.807) is 0 Å². The fraction of sp³-hybridized carbons (Fsp3) is 0.250. The fourth-order valence-corrected chi connectivity index (χ4v) is 0.823. The summed E-state index contributed by atoms with van der Waals surface area (Å²) in [6, 6.07) is 0. The van der Waals surface area contributed by atoms with Crippen molar-refractivity contribution in [2.24, 2.45) is 5.73 Å². The lowest BCUT2D eigenvalue weighted by molar-refractivity contribution is 0.933. The molecular formula is C8H9N. The van der Waals surface area contributed by atoms with E-state index in [-0.39, 0.29) is 0 Å². The van der Waals surface area contributed by atoms with Crippen molar-refractivity contribution in [3.05, 3.63) is 23.4 Å². The Kier molecular flexibility index (Phi) is 1.60. The second-order valence-corrected chi connectivity index (χ2v) is 2.02. The Labute approximate surface area is 55.2 Å². The van der Waals surface area contributed by atoms with Gasteiger partial charge in [0.25, 0.3) is 0 Å². The molecule has 0 bridgehead atoms. The van der Waals surface area contributed by atoms with Crippen molar-refractivity contribution in [2.75, 3.05) is 0 Å². The third-order valence-electron chi connectivity index (χ3n) is 1.37. The predicted octanol–water partition coefficient (Wildman–Crippen LogP) is 1.18. The van der Waals surface area contributed by atoms with Gasteiger partial charge in [-0.3, -0.25) is 0 Å². The van der Waals surface area contributed by atoms with Crippen molar-refractivity contribution >= 4 is 0 Å². The van der Waals surface area contributed by atoms with Gasteiger partial charge in [-0.2, -0.15) is 0 Å². The molecule has 0 aromatic rings. The van der Waals surface area contributed by atoms with Gasteiger partial charge in [-0.1, -0.05) is 12.0 Å². The van der Waals surface area contributed by atoms with Gasteiger partial charge in [0.15, 0.2) is 0 Å². The van der Waals surface area contributed by atoms with E-state index in [1.165, 1.54) is 0 Å². The monoisotopic (exact) mass is 119 g/mol. The predicted molar refractivity (Wildman–Crippen MR) is 38.4 cm³/mol. The second-order valence-electron chi connectivity index (χ2n) is 2.02. The Morgan fingerprint density at radius 2 is 2.44 bits per heavy atom. The number of terminal acetylenes is 1. The van der Waals surface area contributed by atoms with E-state index < -0.39 is 0 Å². The van der Waals surface area contributed by atoms with Crippen molar-refractivity contribution in [3.8, 4) is 12.3 Å². The summed E-state index contributed by atoms with van der Waals surface area (Å²) in [5, 5.41) is 0. The SMILES string of the molecule is C#CC1=C(N)CCC=C1. The van der Waals surface area contributed by atoms with Crippen LogP contribution in [0.3, 0.4) is 0 Å². The van der Waals surface area contributed by atoms with Gasteiger partial charge in [-0.05, 0) is 18.9 Å². The first-order valence-electron chi connectivity index (χ1n) is 2.96. The normalized spacial score (nSPS) is 17.7. The van der Waals surface area contributed by atoms with E-state index in [0.29, 0.717) is 0 Å². The average molecular weight is 119 g/mol. The van der Waals surface area contributed by atoms with Gasteiger partial charge in [-0.15, -0.1) is 6.42 Å². The van der Waals surface area contributed by atoms with E-state index in [1.807, 2.05) is 12.2 Å². The Balaban J connectivity index is 2.88. The van der Waals surface area contributed by atoms with Crippen LogP contribution < -0.4 is 5.73 Å². The van der Waals surface area contributed by atoms with E-state index in [2.05, 4.69) is 5.92 Å². The number of nitrogens with two attached hydrogens (primary N) is 1. The Hall–Kier alpha value is -1.16. The Bertz CT molecular complexity index is 203. The maximum Gasteiger partial charge on any atom is 0.0426 e. The highest BCUT2D eigenvalue weighted by molar-refractivity contribution is 5.41. The van der Waals surface area contributed by atoms with Crippen molar-refractivity contribution in [3.63, 3.8) is 0 Å². The summed E-state index contributed by atoms with van der Waals surface area (Å²) in [4.78, 5) is 0. The van der Waals surface area contributed by atoms with Gasteiger partial charge < -0.3 is 5.73 Å². The van der Waals surface area contributed by atoms with Crippen molar-refractivity contribution in [1.82, 2.24) is 0 Å². The molecule has 0 aromatic heterocycles. The van der Waals surface area contributed by atoms with Gasteiger partial charge in [0.05, 0.1) is 0 Å². The molecule has 0 heterocycles. The highest BCUT2D eigenvalue weighted by atomic mass is 14.6. The van der Waals surface area contributed by atoms with E-state index in [4.69, 9.17) is 12.2 Å². The van der Waals surface area contributed by atoms with E-state index in [9.17, 15) is 0 Å². The first-order valence-corrected chi connectivity index (χ1v) is 2.96. The molecule has 1 nitrogen and oxygen atoms in total. The van der Waals surface area contributed by atoms with Crippen molar-refractivity contribution in [1.29, 1.82) is 0 Å². The van der Waals surface area contributed by atoms with Crippen LogP contribution in [0.2, 0.25) is 0 Å². The molecule has 46 valence electrons. The van der Waals surface area contributed by atoms with Crippen LogP contribution >= 0.6 is 0 Å². The molecule has 0 radical (unpaired) electrons. The zero-order valence-corrected chi connectivity index (χ0v) is 5.22. The number of hydrogen-bond acceptors (Lipinski definition) is 1. The minimum Gasteiger partial charge on any atom is -0.401 e. The van der Waals surface area contributed by atoms with Crippen LogP contribution in [-0.2, 0) is 0 Å². The standard InChI is InChI=1S/C8H9N/c1-2-7-5-3-4-6-8(7)9/h1,3,5H,4,6,9H2. The Morgan fingerprint density at radius 1 is 1.67 bits per heavy atom. The third-order valence-corrected chi connectivity index (χ3v) is 1.37. The average Bonchev–Trinajstić information content (AvgIpc) is 1.89. The molecule has 0 atom stereocenters.